The van der Waals surface area contributed by atoms with Gasteiger partial charge in [0.25, 0.3) is 0 Å². The molecule has 1 atom stereocenters. The fourth-order valence-corrected chi connectivity index (χ4v) is 1.94. The third-order valence-corrected chi connectivity index (χ3v) is 2.96. The number of hydrogen-bond acceptors (Lipinski definition) is 5. The number of methoxy groups -OCH3 is 2. The summed E-state index contributed by atoms with van der Waals surface area (Å²) in [6, 6.07) is 0. The molecule has 0 amide bonds. The van der Waals surface area contributed by atoms with Crippen LogP contribution in [0.3, 0.4) is 0 Å². The van der Waals surface area contributed by atoms with Crippen LogP contribution in [0.25, 0.3) is 0 Å². The zero-order valence-corrected chi connectivity index (χ0v) is 10.8. The van der Waals surface area contributed by atoms with E-state index in [9.17, 15) is 4.79 Å². The normalized spacial score (nSPS) is 19.8. The summed E-state index contributed by atoms with van der Waals surface area (Å²) in [5.41, 5.74) is 0. The Balaban J connectivity index is 2.27. The van der Waals surface area contributed by atoms with Gasteiger partial charge in [0, 0.05) is 33.4 Å². The summed E-state index contributed by atoms with van der Waals surface area (Å²) in [4.78, 5) is 13.3. The summed E-state index contributed by atoms with van der Waals surface area (Å²) in [7, 11) is 3.10. The number of nitrogens with zero attached hydrogens (tertiary/aromatic N) is 1. The first-order chi connectivity index (χ1) is 8.26. The smallest absolute Gasteiger partial charge is 0.306 e. The molecule has 0 bridgehead atoms. The first-order valence-electron chi connectivity index (χ1n) is 6.16. The first-order valence-corrected chi connectivity index (χ1v) is 6.16. The molecule has 1 fully saturated rings. The maximum absolute atomic E-state index is 11.1. The molecule has 1 aliphatic rings. The molecule has 1 unspecified atom stereocenters. The molecule has 1 aliphatic heterocycles. The van der Waals surface area contributed by atoms with Crippen molar-refractivity contribution in [3.63, 3.8) is 0 Å². The molecule has 0 aromatic carbocycles. The van der Waals surface area contributed by atoms with E-state index in [4.69, 9.17) is 9.47 Å². The van der Waals surface area contributed by atoms with Gasteiger partial charge in [0.1, 0.15) is 0 Å². The van der Waals surface area contributed by atoms with Gasteiger partial charge in [-0.25, -0.2) is 0 Å². The van der Waals surface area contributed by atoms with Crippen LogP contribution in [0.1, 0.15) is 19.3 Å². The standard InChI is InChI=1S/C12H23NO4/c1-15-9-7-13(6-5-12(14)16-2)10-11-4-3-8-17-11/h11H,3-10H2,1-2H3. The van der Waals surface area contributed by atoms with Crippen LogP contribution in [0.4, 0.5) is 0 Å². The average Bonchev–Trinajstić information content (AvgIpc) is 2.84. The van der Waals surface area contributed by atoms with Gasteiger partial charge >= 0.3 is 5.97 Å². The molecule has 100 valence electrons. The Morgan fingerprint density at radius 1 is 1.41 bits per heavy atom. The molecule has 0 saturated carbocycles. The minimum Gasteiger partial charge on any atom is -0.469 e. The van der Waals surface area contributed by atoms with Gasteiger partial charge in [0.2, 0.25) is 0 Å². The van der Waals surface area contributed by atoms with Crippen LogP contribution in [-0.4, -0.2) is 64.0 Å². The van der Waals surface area contributed by atoms with Crippen molar-refractivity contribution in [2.24, 2.45) is 0 Å². The monoisotopic (exact) mass is 245 g/mol. The van der Waals surface area contributed by atoms with E-state index in [1.807, 2.05) is 0 Å². The van der Waals surface area contributed by atoms with Crippen LogP contribution in [0, 0.1) is 0 Å². The predicted molar refractivity (Wildman–Crippen MR) is 63.9 cm³/mol. The number of esters is 1. The van der Waals surface area contributed by atoms with E-state index in [-0.39, 0.29) is 5.97 Å². The van der Waals surface area contributed by atoms with Gasteiger partial charge < -0.3 is 14.2 Å². The molecule has 5 heteroatoms. The Labute approximate surface area is 103 Å². The second kappa shape index (κ2) is 8.44. The molecule has 0 aromatic rings. The highest BCUT2D eigenvalue weighted by molar-refractivity contribution is 5.69. The number of carbonyl (C=O) groups is 1. The maximum atomic E-state index is 11.1. The molecule has 0 aromatic heterocycles. The van der Waals surface area contributed by atoms with Crippen LogP contribution in [0.2, 0.25) is 0 Å². The molecule has 0 aliphatic carbocycles. The van der Waals surface area contributed by atoms with Gasteiger partial charge in [-0.2, -0.15) is 0 Å². The van der Waals surface area contributed by atoms with Crippen molar-refractivity contribution >= 4 is 5.97 Å². The average molecular weight is 245 g/mol. The Bertz CT molecular complexity index is 217. The van der Waals surface area contributed by atoms with Crippen molar-refractivity contribution in [2.75, 3.05) is 47.1 Å². The van der Waals surface area contributed by atoms with Crippen molar-refractivity contribution in [1.29, 1.82) is 0 Å². The predicted octanol–water partition coefficient (Wildman–Crippen LogP) is 0.677. The summed E-state index contributed by atoms with van der Waals surface area (Å²) in [6.07, 6.45) is 2.98. The zero-order chi connectivity index (χ0) is 12.5. The molecule has 1 rings (SSSR count). The van der Waals surface area contributed by atoms with Crippen molar-refractivity contribution in [3.05, 3.63) is 0 Å². The molecule has 0 N–H and O–H groups in total. The summed E-state index contributed by atoms with van der Waals surface area (Å²) in [5, 5.41) is 0. The molecule has 5 nitrogen and oxygen atoms in total. The largest absolute Gasteiger partial charge is 0.469 e. The lowest BCUT2D eigenvalue weighted by molar-refractivity contribution is -0.141. The Kier molecular flexibility index (Phi) is 7.16. The van der Waals surface area contributed by atoms with Gasteiger partial charge in [-0.1, -0.05) is 0 Å². The number of hydrogen-bond donors (Lipinski definition) is 0. The van der Waals surface area contributed by atoms with Gasteiger partial charge in [0.15, 0.2) is 0 Å². The van der Waals surface area contributed by atoms with Crippen molar-refractivity contribution in [1.82, 2.24) is 4.90 Å². The van der Waals surface area contributed by atoms with E-state index < -0.39 is 0 Å². The molecule has 17 heavy (non-hydrogen) atoms. The lowest BCUT2D eigenvalue weighted by atomic mass is 10.2. The third-order valence-electron chi connectivity index (χ3n) is 2.96. The zero-order valence-electron chi connectivity index (χ0n) is 10.8. The topological polar surface area (TPSA) is 48.0 Å². The van der Waals surface area contributed by atoms with Crippen molar-refractivity contribution in [3.8, 4) is 0 Å². The third kappa shape index (κ3) is 6.00. The second-order valence-electron chi connectivity index (χ2n) is 4.25. The summed E-state index contributed by atoms with van der Waals surface area (Å²) in [5.74, 6) is -0.167. The maximum Gasteiger partial charge on any atom is 0.306 e. The van der Waals surface area contributed by atoms with Crippen LogP contribution >= 0.6 is 0 Å². The van der Waals surface area contributed by atoms with Crippen LogP contribution in [0.5, 0.6) is 0 Å². The van der Waals surface area contributed by atoms with Gasteiger partial charge in [-0.3, -0.25) is 9.69 Å². The Morgan fingerprint density at radius 2 is 2.24 bits per heavy atom. The van der Waals surface area contributed by atoms with E-state index in [2.05, 4.69) is 9.64 Å². The van der Waals surface area contributed by atoms with Crippen molar-refractivity contribution in [2.45, 2.75) is 25.4 Å². The minimum atomic E-state index is -0.167. The molecule has 0 radical (unpaired) electrons. The molecule has 0 spiro atoms. The lowest BCUT2D eigenvalue weighted by Gasteiger charge is -2.24. The van der Waals surface area contributed by atoms with Gasteiger partial charge in [0.05, 0.1) is 26.2 Å². The van der Waals surface area contributed by atoms with Crippen LogP contribution < -0.4 is 0 Å². The fraction of sp³-hybridized carbons (Fsp3) is 0.917. The molecule has 1 saturated heterocycles. The number of rotatable bonds is 8. The SMILES string of the molecule is COCCN(CCC(=O)OC)CC1CCCO1. The van der Waals surface area contributed by atoms with E-state index in [1.54, 1.807) is 7.11 Å². The van der Waals surface area contributed by atoms with Gasteiger partial charge in [-0.15, -0.1) is 0 Å². The van der Waals surface area contributed by atoms with Gasteiger partial charge in [-0.05, 0) is 12.8 Å². The summed E-state index contributed by atoms with van der Waals surface area (Å²) in [6.45, 7) is 3.94. The highest BCUT2D eigenvalue weighted by atomic mass is 16.5. The van der Waals surface area contributed by atoms with E-state index in [1.165, 1.54) is 7.11 Å². The Hall–Kier alpha value is -0.650. The number of ether oxygens (including phenoxy) is 3. The Morgan fingerprint density at radius 3 is 2.82 bits per heavy atom. The van der Waals surface area contributed by atoms with Crippen LogP contribution in [-0.2, 0) is 19.0 Å². The highest BCUT2D eigenvalue weighted by Gasteiger charge is 2.19. The lowest BCUT2D eigenvalue weighted by Crippen LogP contribution is -2.36. The molecular formula is C12H23NO4. The molecular weight excluding hydrogens is 222 g/mol. The van der Waals surface area contributed by atoms with Crippen molar-refractivity contribution < 1.29 is 19.0 Å². The quantitative estimate of drug-likeness (QED) is 0.588. The molecule has 1 heterocycles. The number of carbonyl (C=O) groups excluding carboxylic acids is 1. The van der Waals surface area contributed by atoms with E-state index in [0.29, 0.717) is 25.7 Å². The second-order valence-corrected chi connectivity index (χ2v) is 4.25. The van der Waals surface area contributed by atoms with E-state index in [0.717, 1.165) is 32.5 Å². The van der Waals surface area contributed by atoms with Crippen LogP contribution in [0.15, 0.2) is 0 Å². The summed E-state index contributed by atoms with van der Waals surface area (Å²) < 4.78 is 15.3. The minimum absolute atomic E-state index is 0.167. The fourth-order valence-electron chi connectivity index (χ4n) is 1.94. The first kappa shape index (κ1) is 14.4. The highest BCUT2D eigenvalue weighted by Crippen LogP contribution is 2.13. The van der Waals surface area contributed by atoms with E-state index >= 15 is 0 Å². The summed E-state index contributed by atoms with van der Waals surface area (Å²) >= 11 is 0.